The Hall–Kier alpha value is -3.35. The smallest absolute Gasteiger partial charge is 0.242 e. The number of amides is 2. The first kappa shape index (κ1) is 21.5. The number of fused-ring (bicyclic) bond motifs is 1. The van der Waals surface area contributed by atoms with Gasteiger partial charge in [-0.05, 0) is 43.0 Å². The van der Waals surface area contributed by atoms with Crippen molar-refractivity contribution in [3.05, 3.63) is 54.4 Å². The molecule has 1 unspecified atom stereocenters. The van der Waals surface area contributed by atoms with Crippen LogP contribution in [0.5, 0.6) is 5.75 Å². The van der Waals surface area contributed by atoms with E-state index in [0.29, 0.717) is 24.6 Å². The topological polar surface area (TPSA) is 67.7 Å². The summed E-state index contributed by atoms with van der Waals surface area (Å²) in [7, 11) is 1.61. The van der Waals surface area contributed by atoms with E-state index >= 15 is 0 Å². The Labute approximate surface area is 193 Å². The van der Waals surface area contributed by atoms with Crippen molar-refractivity contribution in [1.82, 2.24) is 14.5 Å². The summed E-state index contributed by atoms with van der Waals surface area (Å²) in [6.45, 7) is 4.63. The van der Waals surface area contributed by atoms with Gasteiger partial charge in [-0.25, -0.2) is 4.98 Å². The van der Waals surface area contributed by atoms with Crippen LogP contribution in [-0.2, 0) is 16.1 Å². The van der Waals surface area contributed by atoms with Gasteiger partial charge in [0.15, 0.2) is 0 Å². The molecule has 7 nitrogen and oxygen atoms in total. The molecule has 1 atom stereocenters. The Kier molecular flexibility index (Phi) is 5.79. The Bertz CT molecular complexity index is 1180. The van der Waals surface area contributed by atoms with Crippen LogP contribution in [-0.4, -0.2) is 53.0 Å². The maximum absolute atomic E-state index is 13.2. The third-order valence-electron chi connectivity index (χ3n) is 6.98. The summed E-state index contributed by atoms with van der Waals surface area (Å²) in [6, 6.07) is 15.5. The number of imidazole rings is 1. The summed E-state index contributed by atoms with van der Waals surface area (Å²) >= 11 is 0. The molecule has 33 heavy (non-hydrogen) atoms. The molecular weight excluding hydrogens is 416 g/mol. The number of anilines is 1. The van der Waals surface area contributed by atoms with Crippen molar-refractivity contribution in [1.29, 1.82) is 0 Å². The van der Waals surface area contributed by atoms with Crippen molar-refractivity contribution in [2.45, 2.75) is 38.6 Å². The quantitative estimate of drug-likeness (QED) is 0.598. The summed E-state index contributed by atoms with van der Waals surface area (Å²) in [5.41, 5.74) is 2.57. The first-order valence-electron chi connectivity index (χ1n) is 11.7. The molecule has 2 aliphatic rings. The second kappa shape index (κ2) is 8.89. The van der Waals surface area contributed by atoms with E-state index in [9.17, 15) is 9.59 Å². The molecule has 7 heteroatoms. The maximum Gasteiger partial charge on any atom is 0.242 e. The number of aromatic nitrogens is 2. The molecule has 0 N–H and O–H groups in total. The number of rotatable bonds is 5. The summed E-state index contributed by atoms with van der Waals surface area (Å²) in [6.07, 6.45) is 2.46. The van der Waals surface area contributed by atoms with Gasteiger partial charge in [-0.3, -0.25) is 9.59 Å². The number of nitrogens with zero attached hydrogens (tertiary/aromatic N) is 4. The molecule has 0 radical (unpaired) electrons. The third-order valence-corrected chi connectivity index (χ3v) is 6.98. The van der Waals surface area contributed by atoms with Crippen molar-refractivity contribution in [3.8, 4) is 5.75 Å². The van der Waals surface area contributed by atoms with Crippen LogP contribution < -0.4 is 9.64 Å². The van der Waals surface area contributed by atoms with Crippen LogP contribution in [0.1, 0.15) is 37.9 Å². The van der Waals surface area contributed by atoms with Crippen LogP contribution in [0.15, 0.2) is 48.5 Å². The minimum absolute atomic E-state index is 0.0412. The number of carbonyl (C=O) groups is 2. The van der Waals surface area contributed by atoms with Crippen molar-refractivity contribution >= 4 is 28.5 Å². The Balaban J connectivity index is 1.45. The summed E-state index contributed by atoms with van der Waals surface area (Å²) < 4.78 is 7.51. The zero-order valence-corrected chi connectivity index (χ0v) is 19.2. The molecule has 2 saturated heterocycles. The van der Waals surface area contributed by atoms with E-state index in [-0.39, 0.29) is 24.3 Å². The van der Waals surface area contributed by atoms with E-state index in [4.69, 9.17) is 9.72 Å². The highest BCUT2D eigenvalue weighted by Crippen LogP contribution is 2.37. The van der Waals surface area contributed by atoms with E-state index < -0.39 is 0 Å². The van der Waals surface area contributed by atoms with Gasteiger partial charge in [0.1, 0.15) is 18.1 Å². The van der Waals surface area contributed by atoms with Gasteiger partial charge in [0.2, 0.25) is 11.8 Å². The van der Waals surface area contributed by atoms with Gasteiger partial charge in [-0.1, -0.05) is 31.2 Å². The SMILES string of the molecule is COc1ccccc1N1CC(c2nc3ccccc3n2CC(=O)N2CCC(C)CC2)CC1=O. The fourth-order valence-electron chi connectivity index (χ4n) is 5.03. The van der Waals surface area contributed by atoms with E-state index in [1.807, 2.05) is 58.0 Å². The number of piperidine rings is 1. The molecule has 0 aliphatic carbocycles. The van der Waals surface area contributed by atoms with Crippen molar-refractivity contribution in [2.24, 2.45) is 5.92 Å². The van der Waals surface area contributed by atoms with Crippen LogP contribution in [0.25, 0.3) is 11.0 Å². The molecule has 0 bridgehead atoms. The van der Waals surface area contributed by atoms with Crippen LogP contribution in [0.4, 0.5) is 5.69 Å². The highest BCUT2D eigenvalue weighted by Gasteiger charge is 2.36. The van der Waals surface area contributed by atoms with E-state index in [0.717, 1.165) is 48.5 Å². The van der Waals surface area contributed by atoms with Gasteiger partial charge < -0.3 is 19.1 Å². The molecule has 2 amide bonds. The lowest BCUT2D eigenvalue weighted by molar-refractivity contribution is -0.133. The zero-order valence-electron chi connectivity index (χ0n) is 19.2. The van der Waals surface area contributed by atoms with E-state index in [1.165, 1.54) is 0 Å². The molecule has 0 spiro atoms. The second-order valence-electron chi connectivity index (χ2n) is 9.19. The van der Waals surface area contributed by atoms with Crippen molar-refractivity contribution in [2.75, 3.05) is 31.6 Å². The van der Waals surface area contributed by atoms with E-state index in [1.54, 1.807) is 12.0 Å². The van der Waals surface area contributed by atoms with Crippen LogP contribution in [0.2, 0.25) is 0 Å². The van der Waals surface area contributed by atoms with Gasteiger partial charge in [0.25, 0.3) is 0 Å². The molecule has 3 aromatic rings. The lowest BCUT2D eigenvalue weighted by atomic mass is 9.99. The summed E-state index contributed by atoms with van der Waals surface area (Å²) in [5, 5.41) is 0. The lowest BCUT2D eigenvalue weighted by Crippen LogP contribution is -2.40. The number of hydrogen-bond acceptors (Lipinski definition) is 4. The molecule has 1 aromatic heterocycles. The van der Waals surface area contributed by atoms with Gasteiger partial charge in [-0.2, -0.15) is 0 Å². The standard InChI is InChI=1S/C26H30N4O3/c1-18-11-13-28(14-12-18)25(32)17-30-21-8-4-3-7-20(21)27-26(30)19-15-24(31)29(16-19)22-9-5-6-10-23(22)33-2/h3-10,18-19H,11-17H2,1-2H3. The largest absolute Gasteiger partial charge is 0.495 e. The molecule has 2 aliphatic heterocycles. The Morgan fingerprint density at radius 2 is 1.82 bits per heavy atom. The van der Waals surface area contributed by atoms with Gasteiger partial charge in [0.05, 0.1) is 23.8 Å². The normalized spacial score (nSPS) is 19.5. The minimum atomic E-state index is -0.0935. The number of hydrogen-bond donors (Lipinski definition) is 0. The van der Waals surface area contributed by atoms with Crippen LogP contribution in [0, 0.1) is 5.92 Å². The Morgan fingerprint density at radius 3 is 2.61 bits per heavy atom. The molecule has 2 aromatic carbocycles. The van der Waals surface area contributed by atoms with Gasteiger partial charge in [-0.15, -0.1) is 0 Å². The molecule has 3 heterocycles. The molecule has 5 rings (SSSR count). The number of ether oxygens (including phenoxy) is 1. The van der Waals surface area contributed by atoms with Gasteiger partial charge >= 0.3 is 0 Å². The highest BCUT2D eigenvalue weighted by atomic mass is 16.5. The molecule has 0 saturated carbocycles. The number of methoxy groups -OCH3 is 1. The average molecular weight is 447 g/mol. The molecule has 2 fully saturated rings. The average Bonchev–Trinajstić information content (AvgIpc) is 3.40. The highest BCUT2D eigenvalue weighted by molar-refractivity contribution is 5.98. The first-order valence-corrected chi connectivity index (χ1v) is 11.7. The molecular formula is C26H30N4O3. The minimum Gasteiger partial charge on any atom is -0.495 e. The fraction of sp³-hybridized carbons (Fsp3) is 0.423. The number of likely N-dealkylation sites (tertiary alicyclic amines) is 1. The van der Waals surface area contributed by atoms with E-state index in [2.05, 4.69) is 6.92 Å². The zero-order chi connectivity index (χ0) is 22.9. The third kappa shape index (κ3) is 4.08. The van der Waals surface area contributed by atoms with Crippen molar-refractivity contribution < 1.29 is 14.3 Å². The second-order valence-corrected chi connectivity index (χ2v) is 9.19. The monoisotopic (exact) mass is 446 g/mol. The summed E-state index contributed by atoms with van der Waals surface area (Å²) in [4.78, 5) is 34.9. The fourth-order valence-corrected chi connectivity index (χ4v) is 5.03. The predicted molar refractivity (Wildman–Crippen MR) is 127 cm³/mol. The number of benzene rings is 2. The lowest BCUT2D eigenvalue weighted by Gasteiger charge is -2.30. The van der Waals surface area contributed by atoms with Crippen LogP contribution in [0.3, 0.4) is 0 Å². The van der Waals surface area contributed by atoms with Crippen molar-refractivity contribution in [3.63, 3.8) is 0 Å². The number of carbonyl (C=O) groups excluding carboxylic acids is 2. The molecule has 172 valence electrons. The first-order chi connectivity index (χ1) is 16.0. The van der Waals surface area contributed by atoms with Crippen LogP contribution >= 0.6 is 0 Å². The Morgan fingerprint density at radius 1 is 1.09 bits per heavy atom. The maximum atomic E-state index is 13.2. The number of para-hydroxylation sites is 4. The van der Waals surface area contributed by atoms with Gasteiger partial charge in [0, 0.05) is 32.0 Å². The summed E-state index contributed by atoms with van der Waals surface area (Å²) in [5.74, 6) is 2.22. The predicted octanol–water partition coefficient (Wildman–Crippen LogP) is 3.82.